The van der Waals surface area contributed by atoms with Crippen LogP contribution < -0.4 is 22.1 Å². The molecule has 14 nitrogen and oxygen atoms in total. The second-order valence-electron chi connectivity index (χ2n) is 8.40. The van der Waals surface area contributed by atoms with Crippen molar-refractivity contribution in [2.75, 3.05) is 6.54 Å². The highest BCUT2D eigenvalue weighted by molar-refractivity contribution is 5.96. The SMILES string of the molecule is NC(=O)C[C@H](N)C(=O)N1CCC[C@H]1C(=O)N[C@@H](CC(=O)O)C(=O)N[C@@H](Cc1ccc(O)cc1)C(=O)O. The maximum absolute atomic E-state index is 12.9. The molecule has 2 rings (SSSR count). The molecule has 4 amide bonds. The summed E-state index contributed by atoms with van der Waals surface area (Å²) >= 11 is 0. The Balaban J connectivity index is 2.12. The van der Waals surface area contributed by atoms with Crippen LogP contribution in [0.15, 0.2) is 24.3 Å². The summed E-state index contributed by atoms with van der Waals surface area (Å²) in [5, 5.41) is 32.6. The summed E-state index contributed by atoms with van der Waals surface area (Å²) in [6.45, 7) is 0.160. The van der Waals surface area contributed by atoms with Gasteiger partial charge in [-0.05, 0) is 30.5 Å². The molecule has 0 aromatic heterocycles. The molecule has 0 radical (unpaired) electrons. The Bertz CT molecular complexity index is 1010. The number of likely N-dealkylation sites (tertiary alicyclic amines) is 1. The standard InChI is InChI=1S/C22H29N5O9/c23-13(9-17(24)29)21(34)27-7-1-2-16(27)20(33)25-14(10-18(30)31)19(32)26-15(22(35)36)8-11-3-5-12(28)6-4-11/h3-6,13-16,28H,1-2,7-10,23H2,(H2,24,29)(H,25,33)(H,26,32)(H,30,31)(H,35,36)/t13-,14-,15-,16-/m0/s1. The van der Waals surface area contributed by atoms with E-state index in [1.807, 2.05) is 0 Å². The molecule has 0 unspecified atom stereocenters. The first-order valence-electron chi connectivity index (χ1n) is 11.1. The summed E-state index contributed by atoms with van der Waals surface area (Å²) < 4.78 is 0. The normalized spacial score (nSPS) is 17.5. The Morgan fingerprint density at radius 2 is 1.64 bits per heavy atom. The lowest BCUT2D eigenvalue weighted by atomic mass is 10.0. The number of aromatic hydroxyl groups is 1. The number of hydrogen-bond donors (Lipinski definition) is 7. The lowest BCUT2D eigenvalue weighted by Crippen LogP contribution is -2.57. The first-order valence-corrected chi connectivity index (χ1v) is 11.1. The van der Waals surface area contributed by atoms with Crippen LogP contribution in [-0.4, -0.2) is 86.5 Å². The molecular formula is C22H29N5O9. The average Bonchev–Trinajstić information content (AvgIpc) is 3.28. The molecule has 1 fully saturated rings. The van der Waals surface area contributed by atoms with Crippen LogP contribution in [0, 0.1) is 0 Å². The Morgan fingerprint density at radius 3 is 2.19 bits per heavy atom. The largest absolute Gasteiger partial charge is 0.508 e. The van der Waals surface area contributed by atoms with Gasteiger partial charge >= 0.3 is 11.9 Å². The Morgan fingerprint density at radius 1 is 1.00 bits per heavy atom. The molecule has 1 heterocycles. The Kier molecular flexibility index (Phi) is 9.73. The highest BCUT2D eigenvalue weighted by atomic mass is 16.4. The molecule has 0 spiro atoms. The molecule has 0 bridgehead atoms. The topological polar surface area (TPSA) is 242 Å². The number of hydrogen-bond acceptors (Lipinski definition) is 8. The number of primary amides is 1. The molecular weight excluding hydrogens is 478 g/mol. The minimum atomic E-state index is -1.63. The number of carbonyl (C=O) groups is 6. The van der Waals surface area contributed by atoms with Crippen LogP contribution in [0.1, 0.15) is 31.2 Å². The second-order valence-corrected chi connectivity index (χ2v) is 8.40. The summed E-state index contributed by atoms with van der Waals surface area (Å²) in [4.78, 5) is 73.5. The van der Waals surface area contributed by atoms with E-state index in [0.717, 1.165) is 4.90 Å². The molecule has 1 aromatic carbocycles. The number of phenols is 1. The number of carboxylic acids is 2. The molecule has 0 aliphatic carbocycles. The minimum absolute atomic E-state index is 0.0334. The third-order valence-corrected chi connectivity index (χ3v) is 5.58. The van der Waals surface area contributed by atoms with Gasteiger partial charge in [0.2, 0.25) is 23.6 Å². The number of amides is 4. The van der Waals surface area contributed by atoms with E-state index >= 15 is 0 Å². The molecule has 1 aromatic rings. The second kappa shape index (κ2) is 12.5. The van der Waals surface area contributed by atoms with Crippen molar-refractivity contribution in [2.45, 2.75) is 56.3 Å². The molecule has 14 heteroatoms. The highest BCUT2D eigenvalue weighted by Crippen LogP contribution is 2.19. The van der Waals surface area contributed by atoms with Gasteiger partial charge in [0.05, 0.1) is 18.9 Å². The number of nitrogens with zero attached hydrogens (tertiary/aromatic N) is 1. The molecule has 4 atom stereocenters. The van der Waals surface area contributed by atoms with E-state index in [1.165, 1.54) is 24.3 Å². The van der Waals surface area contributed by atoms with Crippen molar-refractivity contribution in [1.82, 2.24) is 15.5 Å². The van der Waals surface area contributed by atoms with Gasteiger partial charge in [-0.15, -0.1) is 0 Å². The van der Waals surface area contributed by atoms with Crippen LogP contribution in [0.4, 0.5) is 0 Å². The zero-order chi connectivity index (χ0) is 27.0. The van der Waals surface area contributed by atoms with Crippen LogP contribution in [0.25, 0.3) is 0 Å². The summed E-state index contributed by atoms with van der Waals surface area (Å²) in [5.74, 6) is -6.21. The number of aliphatic carboxylic acids is 2. The number of carboxylic acid groups (broad SMARTS) is 2. The van der Waals surface area contributed by atoms with Crippen molar-refractivity contribution in [3.8, 4) is 5.75 Å². The Hall–Kier alpha value is -4.20. The van der Waals surface area contributed by atoms with Crippen LogP contribution in [0.3, 0.4) is 0 Å². The zero-order valence-electron chi connectivity index (χ0n) is 19.3. The third-order valence-electron chi connectivity index (χ3n) is 5.58. The fourth-order valence-corrected chi connectivity index (χ4v) is 3.81. The summed E-state index contributed by atoms with van der Waals surface area (Å²) in [6, 6.07) is 0.199. The van der Waals surface area contributed by atoms with Gasteiger partial charge in [-0.3, -0.25) is 24.0 Å². The number of nitrogens with one attached hydrogen (secondary N) is 2. The van der Waals surface area contributed by atoms with E-state index < -0.39 is 72.6 Å². The summed E-state index contributed by atoms with van der Waals surface area (Å²) in [6.07, 6.45) is -0.800. The van der Waals surface area contributed by atoms with Gasteiger partial charge in [-0.2, -0.15) is 0 Å². The summed E-state index contributed by atoms with van der Waals surface area (Å²) in [7, 11) is 0. The fourth-order valence-electron chi connectivity index (χ4n) is 3.81. The van der Waals surface area contributed by atoms with Crippen molar-refractivity contribution in [1.29, 1.82) is 0 Å². The van der Waals surface area contributed by atoms with Crippen LogP contribution in [-0.2, 0) is 35.2 Å². The van der Waals surface area contributed by atoms with Gasteiger partial charge in [-0.25, -0.2) is 4.79 Å². The zero-order valence-corrected chi connectivity index (χ0v) is 19.3. The maximum atomic E-state index is 12.9. The number of phenolic OH excluding ortho intramolecular Hbond substituents is 1. The van der Waals surface area contributed by atoms with Crippen LogP contribution >= 0.6 is 0 Å². The lowest BCUT2D eigenvalue weighted by Gasteiger charge is -2.28. The lowest BCUT2D eigenvalue weighted by molar-refractivity contribution is -0.144. The molecule has 196 valence electrons. The quantitative estimate of drug-likeness (QED) is 0.159. The van der Waals surface area contributed by atoms with Gasteiger partial charge in [0.15, 0.2) is 0 Å². The molecule has 9 N–H and O–H groups in total. The van der Waals surface area contributed by atoms with Crippen molar-refractivity contribution in [3.05, 3.63) is 29.8 Å². The first kappa shape index (κ1) is 28.0. The van der Waals surface area contributed by atoms with Gasteiger partial charge in [0, 0.05) is 13.0 Å². The monoisotopic (exact) mass is 507 g/mol. The van der Waals surface area contributed by atoms with E-state index in [2.05, 4.69) is 10.6 Å². The number of nitrogens with two attached hydrogens (primary N) is 2. The molecule has 0 saturated carbocycles. The van der Waals surface area contributed by atoms with Crippen molar-refractivity contribution in [2.24, 2.45) is 11.5 Å². The van der Waals surface area contributed by atoms with E-state index in [9.17, 15) is 44.1 Å². The van der Waals surface area contributed by atoms with Crippen molar-refractivity contribution in [3.63, 3.8) is 0 Å². The van der Waals surface area contributed by atoms with E-state index in [-0.39, 0.29) is 25.1 Å². The molecule has 36 heavy (non-hydrogen) atoms. The first-order chi connectivity index (χ1) is 16.9. The summed E-state index contributed by atoms with van der Waals surface area (Å²) in [5.41, 5.74) is 11.2. The predicted octanol–water partition coefficient (Wildman–Crippen LogP) is -2.34. The van der Waals surface area contributed by atoms with Crippen LogP contribution in [0.5, 0.6) is 5.75 Å². The number of rotatable bonds is 12. The Labute approximate surface area is 205 Å². The number of benzene rings is 1. The highest BCUT2D eigenvalue weighted by Gasteiger charge is 2.38. The smallest absolute Gasteiger partial charge is 0.326 e. The molecule has 1 aliphatic rings. The van der Waals surface area contributed by atoms with Crippen molar-refractivity contribution < 1.29 is 44.1 Å². The van der Waals surface area contributed by atoms with E-state index in [0.29, 0.717) is 12.0 Å². The maximum Gasteiger partial charge on any atom is 0.326 e. The van der Waals surface area contributed by atoms with Gasteiger partial charge in [0.1, 0.15) is 23.9 Å². The average molecular weight is 508 g/mol. The minimum Gasteiger partial charge on any atom is -0.508 e. The molecule has 1 saturated heterocycles. The number of carbonyl (C=O) groups excluding carboxylic acids is 4. The fraction of sp³-hybridized carbons (Fsp3) is 0.455. The molecule has 1 aliphatic heterocycles. The van der Waals surface area contributed by atoms with Gasteiger partial charge in [0.25, 0.3) is 0 Å². The van der Waals surface area contributed by atoms with Gasteiger partial charge < -0.3 is 42.3 Å². The van der Waals surface area contributed by atoms with Crippen LogP contribution in [0.2, 0.25) is 0 Å². The predicted molar refractivity (Wildman–Crippen MR) is 122 cm³/mol. The van der Waals surface area contributed by atoms with Gasteiger partial charge in [-0.1, -0.05) is 12.1 Å². The third kappa shape index (κ3) is 7.94. The van der Waals surface area contributed by atoms with E-state index in [4.69, 9.17) is 11.5 Å². The van der Waals surface area contributed by atoms with E-state index in [1.54, 1.807) is 0 Å². The van der Waals surface area contributed by atoms with Crippen molar-refractivity contribution >= 4 is 35.6 Å².